The second-order valence-electron chi connectivity index (χ2n) is 2.94. The van der Waals surface area contributed by atoms with Crippen molar-refractivity contribution >= 4 is 5.71 Å². The van der Waals surface area contributed by atoms with E-state index in [-0.39, 0.29) is 0 Å². The Bertz CT molecular complexity index is 129. The minimum atomic E-state index is 0.936. The number of unbranched alkanes of at least 4 members (excludes halogenated alkanes) is 1. The molecule has 0 aromatic rings. The van der Waals surface area contributed by atoms with Gasteiger partial charge in [0.2, 0.25) is 0 Å². The highest BCUT2D eigenvalue weighted by Gasteiger charge is 2.09. The van der Waals surface area contributed by atoms with Crippen molar-refractivity contribution in [3.05, 3.63) is 0 Å². The maximum Gasteiger partial charge on any atom is 0.0912 e. The third kappa shape index (κ3) is 2.10. The minimum Gasteiger partial charge on any atom is -0.279 e. The van der Waals surface area contributed by atoms with E-state index in [1.165, 1.54) is 25.1 Å². The highest BCUT2D eigenvalue weighted by molar-refractivity contribution is 5.85. The summed E-state index contributed by atoms with van der Waals surface area (Å²) in [5, 5.41) is 0. The normalized spacial score (nSPS) is 19.6. The molecule has 0 N–H and O–H groups in total. The van der Waals surface area contributed by atoms with Crippen LogP contribution in [-0.4, -0.2) is 30.4 Å². The summed E-state index contributed by atoms with van der Waals surface area (Å²) >= 11 is 0. The number of hydrogen-bond donors (Lipinski definition) is 0. The Morgan fingerprint density at radius 1 is 1.60 bits per heavy atom. The van der Waals surface area contributed by atoms with Crippen LogP contribution in [0.4, 0.5) is 0 Å². The summed E-state index contributed by atoms with van der Waals surface area (Å²) in [6.07, 6.45) is 2.60. The first kappa shape index (κ1) is 7.73. The molecule has 0 atom stereocenters. The summed E-state index contributed by atoms with van der Waals surface area (Å²) < 4.78 is 0. The lowest BCUT2D eigenvalue weighted by Gasteiger charge is -2.11. The fraction of sp³-hybridized carbons (Fsp3) is 0.875. The molecule has 0 amide bonds. The molecule has 0 aliphatic carbocycles. The Balaban J connectivity index is 2.11. The summed E-state index contributed by atoms with van der Waals surface area (Å²) in [5.41, 5.74) is 1.29. The lowest BCUT2D eigenvalue weighted by atomic mass is 10.3. The van der Waals surface area contributed by atoms with Gasteiger partial charge in [-0.1, -0.05) is 13.3 Å². The summed E-state index contributed by atoms with van der Waals surface area (Å²) in [5.74, 6) is 0. The molecular weight excluding hydrogens is 124 g/mol. The maximum absolute atomic E-state index is 4.31. The van der Waals surface area contributed by atoms with E-state index in [1.807, 2.05) is 0 Å². The first-order valence-electron chi connectivity index (χ1n) is 4.05. The smallest absolute Gasteiger partial charge is 0.0912 e. The monoisotopic (exact) mass is 140 g/mol. The van der Waals surface area contributed by atoms with Gasteiger partial charge in [0.1, 0.15) is 0 Å². The van der Waals surface area contributed by atoms with E-state index in [9.17, 15) is 0 Å². The van der Waals surface area contributed by atoms with Gasteiger partial charge in [0.25, 0.3) is 0 Å². The van der Waals surface area contributed by atoms with E-state index in [2.05, 4.69) is 23.7 Å². The average molecular weight is 140 g/mol. The Kier molecular flexibility index (Phi) is 2.87. The van der Waals surface area contributed by atoms with Gasteiger partial charge < -0.3 is 0 Å². The van der Waals surface area contributed by atoms with Gasteiger partial charge in [0.15, 0.2) is 0 Å². The SMILES string of the molecule is CCCCN1CN=C(C)C1. The Hall–Kier alpha value is -0.370. The quantitative estimate of drug-likeness (QED) is 0.580. The third-order valence-electron chi connectivity index (χ3n) is 1.82. The molecule has 0 aromatic heterocycles. The van der Waals surface area contributed by atoms with Crippen molar-refractivity contribution in [1.82, 2.24) is 4.90 Å². The van der Waals surface area contributed by atoms with Crippen molar-refractivity contribution in [2.24, 2.45) is 4.99 Å². The van der Waals surface area contributed by atoms with Crippen LogP contribution in [0.5, 0.6) is 0 Å². The summed E-state index contributed by atoms with van der Waals surface area (Å²) in [6.45, 7) is 7.58. The molecule has 10 heavy (non-hydrogen) atoms. The van der Waals surface area contributed by atoms with Crippen molar-refractivity contribution in [2.45, 2.75) is 26.7 Å². The molecule has 0 bridgehead atoms. The van der Waals surface area contributed by atoms with Crippen LogP contribution in [0.1, 0.15) is 26.7 Å². The summed E-state index contributed by atoms with van der Waals surface area (Å²) in [6, 6.07) is 0. The zero-order chi connectivity index (χ0) is 7.40. The Morgan fingerprint density at radius 2 is 2.40 bits per heavy atom. The third-order valence-corrected chi connectivity index (χ3v) is 1.82. The van der Waals surface area contributed by atoms with Crippen molar-refractivity contribution in [1.29, 1.82) is 0 Å². The second kappa shape index (κ2) is 3.71. The first-order chi connectivity index (χ1) is 4.83. The zero-order valence-electron chi connectivity index (χ0n) is 6.93. The molecule has 1 heterocycles. The van der Waals surface area contributed by atoms with Crippen molar-refractivity contribution in [2.75, 3.05) is 19.8 Å². The Labute approximate surface area is 62.9 Å². The van der Waals surface area contributed by atoms with Gasteiger partial charge in [0.05, 0.1) is 6.67 Å². The minimum absolute atomic E-state index is 0.936. The van der Waals surface area contributed by atoms with Crippen LogP contribution in [0.25, 0.3) is 0 Å². The molecule has 1 aliphatic rings. The predicted molar refractivity (Wildman–Crippen MR) is 44.5 cm³/mol. The molecule has 0 saturated carbocycles. The number of nitrogens with zero attached hydrogens (tertiary/aromatic N) is 2. The molecule has 58 valence electrons. The van der Waals surface area contributed by atoms with Crippen LogP contribution >= 0.6 is 0 Å². The van der Waals surface area contributed by atoms with Crippen LogP contribution in [0.15, 0.2) is 4.99 Å². The molecule has 0 unspecified atom stereocenters. The molecule has 0 radical (unpaired) electrons. The molecule has 0 aromatic carbocycles. The first-order valence-corrected chi connectivity index (χ1v) is 4.05. The van der Waals surface area contributed by atoms with Gasteiger partial charge in [0, 0.05) is 18.8 Å². The van der Waals surface area contributed by atoms with Crippen LogP contribution in [0, 0.1) is 0 Å². The molecule has 0 fully saturated rings. The highest BCUT2D eigenvalue weighted by Crippen LogP contribution is 2.01. The van der Waals surface area contributed by atoms with Gasteiger partial charge in [-0.05, 0) is 13.3 Å². The highest BCUT2D eigenvalue weighted by atomic mass is 15.2. The number of hydrogen-bond acceptors (Lipinski definition) is 2. The maximum atomic E-state index is 4.31. The molecule has 0 saturated heterocycles. The molecule has 2 heteroatoms. The number of rotatable bonds is 3. The van der Waals surface area contributed by atoms with Gasteiger partial charge >= 0.3 is 0 Å². The van der Waals surface area contributed by atoms with E-state index in [4.69, 9.17) is 0 Å². The van der Waals surface area contributed by atoms with E-state index >= 15 is 0 Å². The van der Waals surface area contributed by atoms with Crippen molar-refractivity contribution < 1.29 is 0 Å². The van der Waals surface area contributed by atoms with E-state index in [0.29, 0.717) is 0 Å². The van der Waals surface area contributed by atoms with Crippen molar-refractivity contribution in [3.8, 4) is 0 Å². The summed E-state index contributed by atoms with van der Waals surface area (Å²) in [4.78, 5) is 6.70. The average Bonchev–Trinajstić information content (AvgIpc) is 2.31. The number of aliphatic imine (C=N–C) groups is 1. The van der Waals surface area contributed by atoms with Gasteiger partial charge in [-0.15, -0.1) is 0 Å². The standard InChI is InChI=1S/C8H16N2/c1-3-4-5-10-6-8(2)9-7-10/h3-7H2,1-2H3. The van der Waals surface area contributed by atoms with Gasteiger partial charge in [-0.25, -0.2) is 0 Å². The lowest BCUT2D eigenvalue weighted by molar-refractivity contribution is 0.335. The molecule has 2 nitrogen and oxygen atoms in total. The second-order valence-corrected chi connectivity index (χ2v) is 2.94. The Morgan fingerprint density at radius 3 is 2.90 bits per heavy atom. The summed E-state index contributed by atoms with van der Waals surface area (Å²) in [7, 11) is 0. The molecule has 1 rings (SSSR count). The fourth-order valence-electron chi connectivity index (χ4n) is 1.18. The van der Waals surface area contributed by atoms with E-state index < -0.39 is 0 Å². The van der Waals surface area contributed by atoms with E-state index in [0.717, 1.165) is 13.2 Å². The van der Waals surface area contributed by atoms with Crippen LogP contribution in [0.2, 0.25) is 0 Å². The van der Waals surface area contributed by atoms with E-state index in [1.54, 1.807) is 0 Å². The van der Waals surface area contributed by atoms with Crippen molar-refractivity contribution in [3.63, 3.8) is 0 Å². The lowest BCUT2D eigenvalue weighted by Crippen LogP contribution is -2.23. The van der Waals surface area contributed by atoms with Crippen LogP contribution in [0.3, 0.4) is 0 Å². The zero-order valence-corrected chi connectivity index (χ0v) is 6.93. The van der Waals surface area contributed by atoms with Gasteiger partial charge in [-0.2, -0.15) is 0 Å². The molecule has 0 spiro atoms. The van der Waals surface area contributed by atoms with Crippen LogP contribution < -0.4 is 0 Å². The topological polar surface area (TPSA) is 15.6 Å². The molecule has 1 aliphatic heterocycles. The predicted octanol–water partition coefficient (Wildman–Crippen LogP) is 1.52. The molecular formula is C8H16N2. The largest absolute Gasteiger partial charge is 0.279 e. The fourth-order valence-corrected chi connectivity index (χ4v) is 1.18. The van der Waals surface area contributed by atoms with Crippen LogP contribution in [-0.2, 0) is 0 Å². The van der Waals surface area contributed by atoms with Gasteiger partial charge in [-0.3, -0.25) is 9.89 Å².